The zero-order valence-electron chi connectivity index (χ0n) is 14.2. The maximum absolute atomic E-state index is 12.9. The number of nitrogens with one attached hydrogen (secondary N) is 1. The van der Waals surface area contributed by atoms with Crippen LogP contribution in [-0.2, 0) is 26.0 Å². The minimum Gasteiger partial charge on any atom is -0.344 e. The van der Waals surface area contributed by atoms with Crippen LogP contribution in [0.5, 0.6) is 0 Å². The molecule has 2 aliphatic heterocycles. The molecule has 1 unspecified atom stereocenters. The lowest BCUT2D eigenvalue weighted by molar-refractivity contribution is -0.133. The Morgan fingerprint density at radius 2 is 2.12 bits per heavy atom. The lowest BCUT2D eigenvalue weighted by Crippen LogP contribution is -2.50. The first kappa shape index (κ1) is 18.3. The van der Waals surface area contributed by atoms with Gasteiger partial charge < -0.3 is 10.2 Å². The first-order valence-corrected chi connectivity index (χ1v) is 11.1. The zero-order chi connectivity index (χ0) is 18.0. The van der Waals surface area contributed by atoms with E-state index in [1.165, 1.54) is 10.6 Å². The molecule has 3 rings (SSSR count). The van der Waals surface area contributed by atoms with Crippen molar-refractivity contribution in [2.24, 2.45) is 0 Å². The molecular formula is C16H23N3O4S2. The highest BCUT2D eigenvalue weighted by Crippen LogP contribution is 2.22. The summed E-state index contributed by atoms with van der Waals surface area (Å²) in [6, 6.07) is 3.08. The number of hydrogen-bond acceptors (Lipinski definition) is 5. The molecule has 2 atom stereocenters. The van der Waals surface area contributed by atoms with Gasteiger partial charge in [-0.3, -0.25) is 9.59 Å². The van der Waals surface area contributed by atoms with Crippen molar-refractivity contribution in [3.8, 4) is 0 Å². The number of hydrogen-bond donors (Lipinski definition) is 1. The van der Waals surface area contributed by atoms with Crippen molar-refractivity contribution in [2.75, 3.05) is 25.9 Å². The van der Waals surface area contributed by atoms with Crippen LogP contribution in [0, 0.1) is 0 Å². The molecule has 138 valence electrons. The number of nitrogens with zero attached hydrogens (tertiary/aromatic N) is 2. The summed E-state index contributed by atoms with van der Waals surface area (Å²) in [6.45, 7) is 1.18. The minimum atomic E-state index is -3.28. The predicted molar refractivity (Wildman–Crippen MR) is 95.7 cm³/mol. The lowest BCUT2D eigenvalue weighted by atomic mass is 10.1. The molecule has 0 aliphatic carbocycles. The molecule has 0 spiro atoms. The second kappa shape index (κ2) is 7.43. The van der Waals surface area contributed by atoms with Crippen LogP contribution in [0.3, 0.4) is 0 Å². The Morgan fingerprint density at radius 3 is 2.80 bits per heavy atom. The quantitative estimate of drug-likeness (QED) is 0.796. The van der Waals surface area contributed by atoms with E-state index in [9.17, 15) is 18.0 Å². The van der Waals surface area contributed by atoms with Gasteiger partial charge in [0.05, 0.1) is 6.26 Å². The molecule has 1 aromatic heterocycles. The highest BCUT2D eigenvalue weighted by molar-refractivity contribution is 7.88. The number of thiophene rings is 1. The SMILES string of the molecule is CS(=O)(=O)N1CCC[C@@H]1CN1CCC(=O)NC(Cc2cccs2)C1=O. The van der Waals surface area contributed by atoms with Gasteiger partial charge in [0.25, 0.3) is 0 Å². The van der Waals surface area contributed by atoms with Crippen molar-refractivity contribution >= 4 is 33.2 Å². The highest BCUT2D eigenvalue weighted by Gasteiger charge is 2.36. The van der Waals surface area contributed by atoms with Gasteiger partial charge in [-0.2, -0.15) is 4.31 Å². The van der Waals surface area contributed by atoms with Crippen molar-refractivity contribution in [2.45, 2.75) is 37.8 Å². The predicted octanol–water partition coefficient (Wildman–Crippen LogP) is 0.432. The fourth-order valence-corrected chi connectivity index (χ4v) is 5.45. The van der Waals surface area contributed by atoms with E-state index in [0.29, 0.717) is 26.1 Å². The Kier molecular flexibility index (Phi) is 5.45. The van der Waals surface area contributed by atoms with Crippen LogP contribution < -0.4 is 5.32 Å². The summed E-state index contributed by atoms with van der Waals surface area (Å²) in [5.41, 5.74) is 0. The maximum atomic E-state index is 12.9. The summed E-state index contributed by atoms with van der Waals surface area (Å²) in [4.78, 5) is 27.6. The molecule has 3 heterocycles. The first-order chi connectivity index (χ1) is 11.8. The van der Waals surface area contributed by atoms with E-state index in [1.54, 1.807) is 16.2 Å². The smallest absolute Gasteiger partial charge is 0.245 e. The van der Waals surface area contributed by atoms with Crippen LogP contribution in [0.1, 0.15) is 24.1 Å². The Balaban J connectivity index is 1.73. The topological polar surface area (TPSA) is 86.8 Å². The molecule has 1 N–H and O–H groups in total. The third-order valence-corrected chi connectivity index (χ3v) is 6.95. The molecule has 2 amide bonds. The lowest BCUT2D eigenvalue weighted by Gasteiger charge is -2.30. The van der Waals surface area contributed by atoms with Crippen LogP contribution in [0.25, 0.3) is 0 Å². The van der Waals surface area contributed by atoms with Gasteiger partial charge in [-0.25, -0.2) is 8.42 Å². The molecule has 7 nitrogen and oxygen atoms in total. The first-order valence-electron chi connectivity index (χ1n) is 8.42. The van der Waals surface area contributed by atoms with E-state index in [2.05, 4.69) is 5.32 Å². The van der Waals surface area contributed by atoms with Gasteiger partial charge in [0.1, 0.15) is 6.04 Å². The molecule has 1 aromatic rings. The summed E-state index contributed by atoms with van der Waals surface area (Å²) in [7, 11) is -3.28. The zero-order valence-corrected chi connectivity index (χ0v) is 15.8. The summed E-state index contributed by atoms with van der Waals surface area (Å²) in [5.74, 6) is -0.261. The van der Waals surface area contributed by atoms with E-state index in [-0.39, 0.29) is 24.3 Å². The van der Waals surface area contributed by atoms with Crippen molar-refractivity contribution in [1.82, 2.24) is 14.5 Å². The fourth-order valence-electron chi connectivity index (χ4n) is 3.53. The summed E-state index contributed by atoms with van der Waals surface area (Å²) < 4.78 is 25.3. The van der Waals surface area contributed by atoms with Gasteiger partial charge in [-0.05, 0) is 24.3 Å². The average molecular weight is 386 g/mol. The molecule has 9 heteroatoms. The Hall–Kier alpha value is -1.45. The van der Waals surface area contributed by atoms with Gasteiger partial charge in [0, 0.05) is 43.4 Å². The third-order valence-electron chi connectivity index (χ3n) is 4.72. The van der Waals surface area contributed by atoms with Crippen molar-refractivity contribution in [3.05, 3.63) is 22.4 Å². The van der Waals surface area contributed by atoms with Crippen LogP contribution in [-0.4, -0.2) is 67.4 Å². The van der Waals surface area contributed by atoms with E-state index >= 15 is 0 Å². The molecule has 0 saturated carbocycles. The number of rotatable bonds is 5. The summed E-state index contributed by atoms with van der Waals surface area (Å²) in [5, 5.41) is 4.75. The van der Waals surface area contributed by atoms with Gasteiger partial charge >= 0.3 is 0 Å². The monoisotopic (exact) mass is 385 g/mol. The highest BCUT2D eigenvalue weighted by atomic mass is 32.2. The Morgan fingerprint density at radius 1 is 1.32 bits per heavy atom. The van der Waals surface area contributed by atoms with Crippen LogP contribution in [0.2, 0.25) is 0 Å². The second-order valence-electron chi connectivity index (χ2n) is 6.61. The maximum Gasteiger partial charge on any atom is 0.245 e. The summed E-state index contributed by atoms with van der Waals surface area (Å²) >= 11 is 1.55. The Labute approximate surface area is 152 Å². The second-order valence-corrected chi connectivity index (χ2v) is 9.57. The van der Waals surface area contributed by atoms with Gasteiger partial charge in [-0.1, -0.05) is 6.07 Å². The minimum absolute atomic E-state index is 0.125. The number of carbonyl (C=O) groups excluding carboxylic acids is 2. The molecule has 2 aliphatic rings. The van der Waals surface area contributed by atoms with Gasteiger partial charge in [0.15, 0.2) is 0 Å². The number of carbonyl (C=O) groups is 2. The standard InChI is InChI=1S/C16H23N3O4S2/c1-25(22,23)19-7-2-4-12(19)11-18-8-6-15(20)17-14(16(18)21)10-13-5-3-9-24-13/h3,5,9,12,14H,2,4,6-8,10-11H2,1H3,(H,17,20)/t12-,14?/m1/s1. The molecule has 0 aromatic carbocycles. The van der Waals surface area contributed by atoms with Crippen molar-refractivity contribution in [1.29, 1.82) is 0 Å². The van der Waals surface area contributed by atoms with Crippen LogP contribution >= 0.6 is 11.3 Å². The number of sulfonamides is 1. The Bertz CT molecular complexity index is 733. The molecule has 2 saturated heterocycles. The summed E-state index contributed by atoms with van der Waals surface area (Å²) in [6.07, 6.45) is 3.47. The average Bonchev–Trinajstić information content (AvgIpc) is 3.18. The third kappa shape index (κ3) is 4.39. The van der Waals surface area contributed by atoms with Crippen molar-refractivity contribution < 1.29 is 18.0 Å². The number of amides is 2. The van der Waals surface area contributed by atoms with Gasteiger partial charge in [-0.15, -0.1) is 11.3 Å². The van der Waals surface area contributed by atoms with E-state index in [0.717, 1.165) is 17.7 Å². The van der Waals surface area contributed by atoms with Crippen LogP contribution in [0.15, 0.2) is 17.5 Å². The normalized spacial score (nSPS) is 25.9. The molecule has 25 heavy (non-hydrogen) atoms. The molecule has 2 fully saturated rings. The van der Waals surface area contributed by atoms with E-state index in [4.69, 9.17) is 0 Å². The fraction of sp³-hybridized carbons (Fsp3) is 0.625. The molecular weight excluding hydrogens is 362 g/mol. The van der Waals surface area contributed by atoms with Gasteiger partial charge in [0.2, 0.25) is 21.8 Å². The van der Waals surface area contributed by atoms with E-state index in [1.807, 2.05) is 17.5 Å². The molecule has 0 radical (unpaired) electrons. The van der Waals surface area contributed by atoms with Crippen molar-refractivity contribution in [3.63, 3.8) is 0 Å². The largest absolute Gasteiger partial charge is 0.344 e. The van der Waals surface area contributed by atoms with E-state index < -0.39 is 16.1 Å². The van der Waals surface area contributed by atoms with Crippen LogP contribution in [0.4, 0.5) is 0 Å². The molecule has 0 bridgehead atoms.